The van der Waals surface area contributed by atoms with Gasteiger partial charge in [-0.05, 0) is 30.5 Å². The lowest BCUT2D eigenvalue weighted by Crippen LogP contribution is -2.15. The molecule has 0 bridgehead atoms. The molecule has 1 unspecified atom stereocenters. The van der Waals surface area contributed by atoms with Gasteiger partial charge in [-0.3, -0.25) is 0 Å². The predicted molar refractivity (Wildman–Crippen MR) is 48.6 cm³/mol. The summed E-state index contributed by atoms with van der Waals surface area (Å²) in [4.78, 5) is 4.34. The molecule has 2 N–H and O–H groups in total. The molecule has 1 heterocycles. The van der Waals surface area contributed by atoms with Gasteiger partial charge in [0.1, 0.15) is 5.82 Å². The molecule has 60 valence electrons. The number of nitrogen functional groups attached to an aromatic ring is 1. The van der Waals surface area contributed by atoms with E-state index >= 15 is 0 Å². The van der Waals surface area contributed by atoms with Gasteiger partial charge in [0.25, 0.3) is 0 Å². The normalized spacial score (nSPS) is 24.0. The van der Waals surface area contributed by atoms with Crippen molar-refractivity contribution in [1.82, 2.24) is 4.98 Å². The molecule has 0 saturated carbocycles. The summed E-state index contributed by atoms with van der Waals surface area (Å²) in [6.45, 7) is 0. The first-order valence-corrected chi connectivity index (χ1v) is 4.33. The van der Waals surface area contributed by atoms with Crippen molar-refractivity contribution in [2.45, 2.75) is 18.8 Å². The van der Waals surface area contributed by atoms with Crippen LogP contribution in [0.4, 0.5) is 5.82 Å². The second-order valence-corrected chi connectivity index (χ2v) is 3.46. The number of pyridine rings is 1. The van der Waals surface area contributed by atoms with Gasteiger partial charge in [0, 0.05) is 11.5 Å². The zero-order valence-corrected chi connectivity index (χ0v) is 6.75. The molecule has 1 aromatic heterocycles. The number of allylic oxidation sites excluding steroid dienone is 2. The summed E-state index contributed by atoms with van der Waals surface area (Å²) in [6, 6.07) is 3.97. The molecule has 0 aromatic carbocycles. The maximum Gasteiger partial charge on any atom is 0.123 e. The lowest BCUT2D eigenvalue weighted by Gasteiger charge is -2.28. The van der Waals surface area contributed by atoms with Gasteiger partial charge in [-0.1, -0.05) is 6.08 Å². The molecule has 2 nitrogen and oxygen atoms in total. The standard InChI is InChI=1S/C10H10N2/c11-9-5-4-8-6-2-1-3-7(6)10(8)12-9/h2,4-5,7H,1,3H2,(H2,11,12). The van der Waals surface area contributed by atoms with Crippen molar-refractivity contribution in [2.75, 3.05) is 5.73 Å². The van der Waals surface area contributed by atoms with Crippen LogP contribution in [0.1, 0.15) is 30.0 Å². The van der Waals surface area contributed by atoms with E-state index in [9.17, 15) is 0 Å². The Morgan fingerprint density at radius 2 is 2.33 bits per heavy atom. The maximum absolute atomic E-state index is 5.61. The molecule has 0 radical (unpaired) electrons. The third-order valence-electron chi connectivity index (χ3n) is 2.78. The van der Waals surface area contributed by atoms with E-state index in [2.05, 4.69) is 17.1 Å². The third-order valence-corrected chi connectivity index (χ3v) is 2.78. The number of fused-ring (bicyclic) bond motifs is 4. The average molecular weight is 158 g/mol. The van der Waals surface area contributed by atoms with Crippen LogP contribution in [0.5, 0.6) is 0 Å². The van der Waals surface area contributed by atoms with Crippen LogP contribution in [0.25, 0.3) is 5.57 Å². The summed E-state index contributed by atoms with van der Waals surface area (Å²) < 4.78 is 0. The fraction of sp³-hybridized carbons (Fsp3) is 0.300. The molecule has 0 saturated heterocycles. The Labute approximate surface area is 71.1 Å². The molecule has 12 heavy (non-hydrogen) atoms. The van der Waals surface area contributed by atoms with Crippen molar-refractivity contribution in [3.05, 3.63) is 29.5 Å². The zero-order valence-electron chi connectivity index (χ0n) is 6.75. The summed E-state index contributed by atoms with van der Waals surface area (Å²) in [5.74, 6) is 1.27. The van der Waals surface area contributed by atoms with E-state index in [-0.39, 0.29) is 0 Å². The Kier molecular flexibility index (Phi) is 0.980. The molecule has 2 heteroatoms. The Hall–Kier alpha value is -1.31. The molecule has 0 amide bonds. The highest BCUT2D eigenvalue weighted by Crippen LogP contribution is 2.51. The van der Waals surface area contributed by atoms with Crippen LogP contribution >= 0.6 is 0 Å². The molecule has 2 aliphatic carbocycles. The second-order valence-electron chi connectivity index (χ2n) is 3.46. The van der Waals surface area contributed by atoms with Gasteiger partial charge >= 0.3 is 0 Å². The number of anilines is 1. The topological polar surface area (TPSA) is 38.9 Å². The Morgan fingerprint density at radius 1 is 1.42 bits per heavy atom. The highest BCUT2D eigenvalue weighted by molar-refractivity contribution is 5.84. The zero-order chi connectivity index (χ0) is 8.13. The van der Waals surface area contributed by atoms with Crippen LogP contribution in [0.2, 0.25) is 0 Å². The van der Waals surface area contributed by atoms with Crippen molar-refractivity contribution < 1.29 is 0 Å². The Morgan fingerprint density at radius 3 is 3.25 bits per heavy atom. The highest BCUT2D eigenvalue weighted by Gasteiger charge is 2.35. The van der Waals surface area contributed by atoms with Crippen LogP contribution in [-0.2, 0) is 0 Å². The Balaban J connectivity index is 2.21. The summed E-state index contributed by atoms with van der Waals surface area (Å²) in [7, 11) is 0. The number of aromatic nitrogens is 1. The first-order chi connectivity index (χ1) is 5.86. The minimum Gasteiger partial charge on any atom is -0.384 e. The van der Waals surface area contributed by atoms with Gasteiger partial charge in [0.15, 0.2) is 0 Å². The molecule has 1 aromatic rings. The SMILES string of the molecule is Nc1ccc2c(n1)C1CCC=C21. The van der Waals surface area contributed by atoms with Crippen molar-refractivity contribution in [2.24, 2.45) is 0 Å². The first-order valence-electron chi connectivity index (χ1n) is 4.33. The fourth-order valence-electron chi connectivity index (χ4n) is 2.21. The van der Waals surface area contributed by atoms with Gasteiger partial charge in [0.05, 0.1) is 5.69 Å². The summed E-state index contributed by atoms with van der Waals surface area (Å²) in [5.41, 5.74) is 9.66. The summed E-state index contributed by atoms with van der Waals surface area (Å²) in [6.07, 6.45) is 4.76. The first kappa shape index (κ1) is 6.23. The van der Waals surface area contributed by atoms with Gasteiger partial charge in [-0.2, -0.15) is 0 Å². The number of hydrogen-bond donors (Lipinski definition) is 1. The van der Waals surface area contributed by atoms with Crippen LogP contribution < -0.4 is 5.73 Å². The monoisotopic (exact) mass is 158 g/mol. The van der Waals surface area contributed by atoms with Crippen LogP contribution in [0, 0.1) is 0 Å². The molecular formula is C10H10N2. The second kappa shape index (κ2) is 1.89. The minimum atomic E-state index is 0.614. The van der Waals surface area contributed by atoms with E-state index in [0.717, 1.165) is 0 Å². The van der Waals surface area contributed by atoms with Crippen LogP contribution in [-0.4, -0.2) is 4.98 Å². The lowest BCUT2D eigenvalue weighted by molar-refractivity contribution is 0.748. The minimum absolute atomic E-state index is 0.614. The van der Waals surface area contributed by atoms with E-state index in [1.165, 1.54) is 29.7 Å². The fourth-order valence-corrected chi connectivity index (χ4v) is 2.21. The summed E-state index contributed by atoms with van der Waals surface area (Å²) in [5, 5.41) is 0. The van der Waals surface area contributed by atoms with Crippen molar-refractivity contribution >= 4 is 11.4 Å². The summed E-state index contributed by atoms with van der Waals surface area (Å²) >= 11 is 0. The third kappa shape index (κ3) is 0.583. The lowest BCUT2D eigenvalue weighted by atomic mass is 9.78. The van der Waals surface area contributed by atoms with Gasteiger partial charge in [-0.25, -0.2) is 4.98 Å². The van der Waals surface area contributed by atoms with Crippen molar-refractivity contribution in [3.8, 4) is 0 Å². The predicted octanol–water partition coefficient (Wildman–Crippen LogP) is 1.94. The molecule has 1 atom stereocenters. The van der Waals surface area contributed by atoms with E-state index in [1.54, 1.807) is 0 Å². The van der Waals surface area contributed by atoms with Crippen molar-refractivity contribution in [3.63, 3.8) is 0 Å². The highest BCUT2D eigenvalue weighted by atomic mass is 14.9. The van der Waals surface area contributed by atoms with E-state index in [4.69, 9.17) is 5.73 Å². The number of hydrogen-bond acceptors (Lipinski definition) is 2. The largest absolute Gasteiger partial charge is 0.384 e. The maximum atomic E-state index is 5.61. The smallest absolute Gasteiger partial charge is 0.123 e. The van der Waals surface area contributed by atoms with E-state index in [0.29, 0.717) is 11.7 Å². The number of nitrogens with zero attached hydrogens (tertiary/aromatic N) is 1. The average Bonchev–Trinajstić information content (AvgIpc) is 2.46. The molecule has 0 spiro atoms. The molecule has 0 aliphatic heterocycles. The van der Waals surface area contributed by atoms with Crippen LogP contribution in [0.15, 0.2) is 18.2 Å². The molecular weight excluding hydrogens is 148 g/mol. The molecule has 0 fully saturated rings. The van der Waals surface area contributed by atoms with E-state index in [1.807, 2.05) is 6.07 Å². The van der Waals surface area contributed by atoms with Gasteiger partial charge in [-0.15, -0.1) is 0 Å². The van der Waals surface area contributed by atoms with Gasteiger partial charge < -0.3 is 5.73 Å². The van der Waals surface area contributed by atoms with Gasteiger partial charge in [0.2, 0.25) is 0 Å². The molecule has 2 aliphatic rings. The number of rotatable bonds is 0. The van der Waals surface area contributed by atoms with E-state index < -0.39 is 0 Å². The van der Waals surface area contributed by atoms with Crippen LogP contribution in [0.3, 0.4) is 0 Å². The molecule has 3 rings (SSSR count). The number of nitrogens with two attached hydrogens (primary N) is 1. The Bertz CT molecular complexity index is 379. The van der Waals surface area contributed by atoms with Crippen molar-refractivity contribution in [1.29, 1.82) is 0 Å². The quantitative estimate of drug-likeness (QED) is 0.626.